The third-order valence-corrected chi connectivity index (χ3v) is 5.39. The van der Waals surface area contributed by atoms with E-state index in [1.807, 2.05) is 6.20 Å². The second-order valence-corrected chi connectivity index (χ2v) is 7.40. The molecule has 0 N–H and O–H groups in total. The van der Waals surface area contributed by atoms with Crippen LogP contribution in [0.5, 0.6) is 5.75 Å². The molecule has 4 rings (SSSR count). The summed E-state index contributed by atoms with van der Waals surface area (Å²) >= 11 is 0. The van der Waals surface area contributed by atoms with Gasteiger partial charge in [0.1, 0.15) is 5.75 Å². The van der Waals surface area contributed by atoms with E-state index < -0.39 is 0 Å². The average Bonchev–Trinajstić information content (AvgIpc) is 2.73. The van der Waals surface area contributed by atoms with Crippen LogP contribution in [0.3, 0.4) is 0 Å². The summed E-state index contributed by atoms with van der Waals surface area (Å²) in [5.41, 5.74) is 2.39. The molecule has 2 heterocycles. The van der Waals surface area contributed by atoms with Crippen LogP contribution in [0.2, 0.25) is 0 Å². The molecule has 1 aliphatic rings. The zero-order chi connectivity index (χ0) is 18.3. The number of rotatable bonds is 7. The van der Waals surface area contributed by atoms with Crippen molar-refractivity contribution in [3.63, 3.8) is 0 Å². The molecule has 3 nitrogen and oxygen atoms in total. The van der Waals surface area contributed by atoms with E-state index in [-0.39, 0.29) is 0 Å². The highest BCUT2D eigenvalue weighted by Crippen LogP contribution is 2.20. The highest BCUT2D eigenvalue weighted by atomic mass is 16.5. The zero-order valence-electron chi connectivity index (χ0n) is 15.9. The summed E-state index contributed by atoms with van der Waals surface area (Å²) in [5.74, 6) is 0.961. The lowest BCUT2D eigenvalue weighted by atomic mass is 10.0. The molecule has 0 atom stereocenters. The van der Waals surface area contributed by atoms with Gasteiger partial charge in [0.15, 0.2) is 0 Å². The van der Waals surface area contributed by atoms with Crippen LogP contribution in [-0.4, -0.2) is 36.1 Å². The number of benzene rings is 2. The van der Waals surface area contributed by atoms with Crippen molar-refractivity contribution in [3.05, 3.63) is 72.1 Å². The summed E-state index contributed by atoms with van der Waals surface area (Å²) < 4.78 is 5.93. The van der Waals surface area contributed by atoms with Crippen LogP contribution < -0.4 is 4.74 Å². The molecule has 1 saturated heterocycles. The highest BCUT2D eigenvalue weighted by Gasteiger charge is 2.09. The standard InChI is InChI=1S/C24H28N2O/c1-4-15-26(16-5-1)17-6-18-27-22-11-9-20(10-12-22)19-24-23-8-3-2-7-21(23)13-14-25-24/h2-3,7-14H,1,4-6,15-19H2. The first-order valence-corrected chi connectivity index (χ1v) is 10.2. The predicted molar refractivity (Wildman–Crippen MR) is 111 cm³/mol. The van der Waals surface area contributed by atoms with Gasteiger partial charge in [0.05, 0.1) is 12.3 Å². The van der Waals surface area contributed by atoms with Crippen molar-refractivity contribution >= 4 is 10.8 Å². The first kappa shape index (κ1) is 18.0. The Labute approximate surface area is 162 Å². The van der Waals surface area contributed by atoms with Crippen molar-refractivity contribution in [2.75, 3.05) is 26.2 Å². The second kappa shape index (κ2) is 9.01. The lowest BCUT2D eigenvalue weighted by Gasteiger charge is -2.26. The van der Waals surface area contributed by atoms with Gasteiger partial charge >= 0.3 is 0 Å². The van der Waals surface area contributed by atoms with Crippen molar-refractivity contribution in [2.24, 2.45) is 0 Å². The molecule has 27 heavy (non-hydrogen) atoms. The minimum Gasteiger partial charge on any atom is -0.494 e. The van der Waals surface area contributed by atoms with E-state index in [0.717, 1.165) is 37.4 Å². The normalized spacial score (nSPS) is 15.1. The Morgan fingerprint density at radius 1 is 0.889 bits per heavy atom. The smallest absolute Gasteiger partial charge is 0.119 e. The molecule has 0 saturated carbocycles. The third-order valence-electron chi connectivity index (χ3n) is 5.39. The fourth-order valence-corrected chi connectivity index (χ4v) is 3.88. The summed E-state index contributed by atoms with van der Waals surface area (Å²) in [6, 6.07) is 19.0. The Morgan fingerprint density at radius 2 is 1.70 bits per heavy atom. The maximum Gasteiger partial charge on any atom is 0.119 e. The molecule has 3 aromatic rings. The molecule has 0 radical (unpaired) electrons. The number of aromatic nitrogens is 1. The minimum atomic E-state index is 0.792. The van der Waals surface area contributed by atoms with Gasteiger partial charge in [-0.25, -0.2) is 0 Å². The number of fused-ring (bicyclic) bond motifs is 1. The molecule has 3 heteroatoms. The molecule has 0 unspecified atom stereocenters. The van der Waals surface area contributed by atoms with Crippen molar-refractivity contribution in [1.82, 2.24) is 9.88 Å². The Hall–Kier alpha value is -2.39. The molecule has 0 bridgehead atoms. The molecule has 2 aromatic carbocycles. The van der Waals surface area contributed by atoms with Crippen molar-refractivity contribution in [2.45, 2.75) is 32.1 Å². The van der Waals surface area contributed by atoms with E-state index in [4.69, 9.17) is 4.74 Å². The molecule has 1 aromatic heterocycles. The molecule has 0 amide bonds. The Kier molecular flexibility index (Phi) is 6.00. The number of piperidine rings is 1. The molecule has 0 spiro atoms. The number of ether oxygens (including phenoxy) is 1. The van der Waals surface area contributed by atoms with Gasteiger partial charge in [0, 0.05) is 24.5 Å². The molecule has 0 aliphatic carbocycles. The van der Waals surface area contributed by atoms with Crippen LogP contribution in [0.1, 0.15) is 36.9 Å². The van der Waals surface area contributed by atoms with E-state index >= 15 is 0 Å². The predicted octanol–water partition coefficient (Wildman–Crippen LogP) is 5.08. The first-order valence-electron chi connectivity index (χ1n) is 10.2. The fraction of sp³-hybridized carbons (Fsp3) is 0.375. The molecular weight excluding hydrogens is 332 g/mol. The summed E-state index contributed by atoms with van der Waals surface area (Å²) in [6.45, 7) is 4.47. The molecule has 140 valence electrons. The van der Waals surface area contributed by atoms with E-state index in [2.05, 4.69) is 64.5 Å². The average molecular weight is 361 g/mol. The molecular formula is C24H28N2O. The monoisotopic (exact) mass is 360 g/mol. The molecule has 1 aliphatic heterocycles. The topological polar surface area (TPSA) is 25.4 Å². The fourth-order valence-electron chi connectivity index (χ4n) is 3.88. The van der Waals surface area contributed by atoms with Gasteiger partial charge in [-0.3, -0.25) is 4.98 Å². The van der Waals surface area contributed by atoms with E-state index in [1.165, 1.54) is 48.7 Å². The van der Waals surface area contributed by atoms with Crippen LogP contribution in [0.4, 0.5) is 0 Å². The quantitative estimate of drug-likeness (QED) is 0.549. The van der Waals surface area contributed by atoms with Crippen molar-refractivity contribution < 1.29 is 4.74 Å². The summed E-state index contributed by atoms with van der Waals surface area (Å²) in [5, 5.41) is 2.48. The van der Waals surface area contributed by atoms with Crippen LogP contribution in [-0.2, 0) is 6.42 Å². The van der Waals surface area contributed by atoms with Crippen molar-refractivity contribution in [3.8, 4) is 5.75 Å². The minimum absolute atomic E-state index is 0.792. The summed E-state index contributed by atoms with van der Waals surface area (Å²) in [6.07, 6.45) is 7.95. The number of nitrogens with zero attached hydrogens (tertiary/aromatic N) is 2. The second-order valence-electron chi connectivity index (χ2n) is 7.40. The van der Waals surface area contributed by atoms with Crippen LogP contribution in [0.15, 0.2) is 60.8 Å². The van der Waals surface area contributed by atoms with Crippen LogP contribution in [0.25, 0.3) is 10.8 Å². The van der Waals surface area contributed by atoms with E-state index in [0.29, 0.717) is 0 Å². The number of hydrogen-bond donors (Lipinski definition) is 0. The van der Waals surface area contributed by atoms with E-state index in [1.54, 1.807) is 0 Å². The number of pyridine rings is 1. The third kappa shape index (κ3) is 4.86. The maximum absolute atomic E-state index is 5.93. The lowest BCUT2D eigenvalue weighted by molar-refractivity contribution is 0.205. The first-order chi connectivity index (χ1) is 13.4. The largest absolute Gasteiger partial charge is 0.494 e. The number of hydrogen-bond acceptors (Lipinski definition) is 3. The van der Waals surface area contributed by atoms with Gasteiger partial charge in [-0.15, -0.1) is 0 Å². The van der Waals surface area contributed by atoms with Crippen LogP contribution >= 0.6 is 0 Å². The Balaban J connectivity index is 1.29. The van der Waals surface area contributed by atoms with E-state index in [9.17, 15) is 0 Å². The maximum atomic E-state index is 5.93. The SMILES string of the molecule is c1ccc2c(Cc3ccc(OCCCN4CCCCC4)cc3)nccc2c1. The van der Waals surface area contributed by atoms with Gasteiger partial charge in [-0.1, -0.05) is 42.8 Å². The molecule has 1 fully saturated rings. The lowest BCUT2D eigenvalue weighted by Crippen LogP contribution is -2.31. The zero-order valence-corrected chi connectivity index (χ0v) is 15.9. The van der Waals surface area contributed by atoms with Crippen LogP contribution in [0, 0.1) is 0 Å². The van der Waals surface area contributed by atoms with Gasteiger partial charge in [-0.2, -0.15) is 0 Å². The van der Waals surface area contributed by atoms with Gasteiger partial charge in [-0.05, 0) is 61.5 Å². The van der Waals surface area contributed by atoms with Crippen molar-refractivity contribution in [1.29, 1.82) is 0 Å². The Bertz CT molecular complexity index is 848. The van der Waals surface area contributed by atoms with Gasteiger partial charge in [0.2, 0.25) is 0 Å². The number of likely N-dealkylation sites (tertiary alicyclic amines) is 1. The van der Waals surface area contributed by atoms with Gasteiger partial charge in [0.25, 0.3) is 0 Å². The summed E-state index contributed by atoms with van der Waals surface area (Å²) in [4.78, 5) is 7.16. The van der Waals surface area contributed by atoms with Gasteiger partial charge < -0.3 is 9.64 Å². The summed E-state index contributed by atoms with van der Waals surface area (Å²) in [7, 11) is 0. The Morgan fingerprint density at radius 3 is 2.56 bits per heavy atom. The highest BCUT2D eigenvalue weighted by molar-refractivity contribution is 5.84.